The van der Waals surface area contributed by atoms with E-state index in [2.05, 4.69) is 0 Å². The summed E-state index contributed by atoms with van der Waals surface area (Å²) in [5, 5.41) is 17.5. The number of phenolic OH excluding ortho intramolecular Hbond substituents is 1. The minimum absolute atomic E-state index is 0.0249. The zero-order valence-corrected chi connectivity index (χ0v) is 8.79. The first-order valence-corrected chi connectivity index (χ1v) is 4.78. The molecule has 0 aliphatic heterocycles. The number of hydrogen-bond acceptors (Lipinski definition) is 2. The molecule has 0 radical (unpaired) electrons. The lowest BCUT2D eigenvalue weighted by molar-refractivity contribution is -0.138. The van der Waals surface area contributed by atoms with E-state index in [9.17, 15) is 13.6 Å². The van der Waals surface area contributed by atoms with Gasteiger partial charge in [-0.05, 0) is 17.7 Å². The van der Waals surface area contributed by atoms with Gasteiger partial charge in [0.1, 0.15) is 5.75 Å². The van der Waals surface area contributed by atoms with Crippen LogP contribution in [-0.2, 0) is 4.79 Å². The molecule has 1 atom stereocenters. The monoisotopic (exact) mass is 250 g/mol. The van der Waals surface area contributed by atoms with Crippen molar-refractivity contribution in [2.24, 2.45) is 0 Å². The topological polar surface area (TPSA) is 57.5 Å². The third-order valence-corrected chi connectivity index (χ3v) is 2.41. The second-order valence-corrected chi connectivity index (χ2v) is 3.65. The molecule has 0 heterocycles. The molecule has 0 spiro atoms. The molecule has 88 valence electrons. The number of aliphatic carboxylic acids is 1. The number of carboxylic acids is 1. The highest BCUT2D eigenvalue weighted by atomic mass is 35.5. The SMILES string of the molecule is O=C(O)CC(c1ccc(O)cc1Cl)C(F)F. The van der Waals surface area contributed by atoms with Gasteiger partial charge in [0.05, 0.1) is 12.3 Å². The molecule has 1 aromatic carbocycles. The molecule has 0 saturated heterocycles. The normalized spacial score (nSPS) is 12.8. The standard InChI is InChI=1S/C10H9ClF2O3/c11-8-3-5(14)1-2-6(8)7(10(12)13)4-9(15)16/h1-3,7,10,14H,4H2,(H,15,16). The summed E-state index contributed by atoms with van der Waals surface area (Å²) in [5.74, 6) is -2.95. The molecule has 1 unspecified atom stereocenters. The highest BCUT2D eigenvalue weighted by molar-refractivity contribution is 6.31. The van der Waals surface area contributed by atoms with Crippen molar-refractivity contribution >= 4 is 17.6 Å². The van der Waals surface area contributed by atoms with Gasteiger partial charge in [-0.3, -0.25) is 4.79 Å². The molecule has 16 heavy (non-hydrogen) atoms. The van der Waals surface area contributed by atoms with Gasteiger partial charge < -0.3 is 10.2 Å². The Morgan fingerprint density at radius 3 is 2.50 bits per heavy atom. The molecule has 0 bridgehead atoms. The van der Waals surface area contributed by atoms with Crippen LogP contribution in [0.5, 0.6) is 5.75 Å². The zero-order chi connectivity index (χ0) is 12.3. The van der Waals surface area contributed by atoms with Gasteiger partial charge in [0, 0.05) is 5.02 Å². The fourth-order valence-electron chi connectivity index (χ4n) is 1.34. The Balaban J connectivity index is 3.05. The summed E-state index contributed by atoms with van der Waals surface area (Å²) in [4.78, 5) is 10.4. The molecular formula is C10H9ClF2O3. The van der Waals surface area contributed by atoms with Gasteiger partial charge in [0.2, 0.25) is 6.43 Å². The van der Waals surface area contributed by atoms with Crippen molar-refractivity contribution < 1.29 is 23.8 Å². The van der Waals surface area contributed by atoms with Crippen LogP contribution in [0.4, 0.5) is 8.78 Å². The Hall–Kier alpha value is -1.36. The number of phenols is 1. The van der Waals surface area contributed by atoms with Crippen LogP contribution >= 0.6 is 11.6 Å². The molecule has 0 aliphatic rings. The van der Waals surface area contributed by atoms with Crippen molar-refractivity contribution in [1.82, 2.24) is 0 Å². The summed E-state index contributed by atoms with van der Waals surface area (Å²) in [7, 11) is 0. The number of alkyl halides is 2. The quantitative estimate of drug-likeness (QED) is 0.864. The van der Waals surface area contributed by atoms with Crippen molar-refractivity contribution in [3.8, 4) is 5.75 Å². The van der Waals surface area contributed by atoms with E-state index in [0.29, 0.717) is 0 Å². The van der Waals surface area contributed by atoms with Crippen molar-refractivity contribution in [2.75, 3.05) is 0 Å². The van der Waals surface area contributed by atoms with Crippen molar-refractivity contribution in [1.29, 1.82) is 0 Å². The molecule has 3 nitrogen and oxygen atoms in total. The minimum Gasteiger partial charge on any atom is -0.508 e. The van der Waals surface area contributed by atoms with Crippen LogP contribution in [0.2, 0.25) is 5.02 Å². The molecule has 1 aromatic rings. The Morgan fingerprint density at radius 2 is 2.06 bits per heavy atom. The van der Waals surface area contributed by atoms with Gasteiger partial charge in [-0.15, -0.1) is 0 Å². The minimum atomic E-state index is -2.82. The van der Waals surface area contributed by atoms with Crippen LogP contribution in [0.3, 0.4) is 0 Å². The van der Waals surface area contributed by atoms with E-state index in [1.54, 1.807) is 0 Å². The van der Waals surface area contributed by atoms with Crippen molar-refractivity contribution in [3.05, 3.63) is 28.8 Å². The number of hydrogen-bond donors (Lipinski definition) is 2. The fraction of sp³-hybridized carbons (Fsp3) is 0.300. The first-order valence-electron chi connectivity index (χ1n) is 4.40. The number of halogens is 3. The van der Waals surface area contributed by atoms with Crippen LogP contribution < -0.4 is 0 Å². The van der Waals surface area contributed by atoms with Gasteiger partial charge in [0.25, 0.3) is 0 Å². The van der Waals surface area contributed by atoms with Crippen LogP contribution in [0.15, 0.2) is 18.2 Å². The number of benzene rings is 1. The average molecular weight is 251 g/mol. The van der Waals surface area contributed by atoms with E-state index in [1.807, 2.05) is 0 Å². The maximum Gasteiger partial charge on any atom is 0.304 e. The second kappa shape index (κ2) is 5.12. The van der Waals surface area contributed by atoms with E-state index in [1.165, 1.54) is 12.1 Å². The van der Waals surface area contributed by atoms with Crippen molar-refractivity contribution in [3.63, 3.8) is 0 Å². The predicted octanol–water partition coefficient (Wildman–Crippen LogP) is 2.87. The van der Waals surface area contributed by atoms with Crippen molar-refractivity contribution in [2.45, 2.75) is 18.8 Å². The zero-order valence-electron chi connectivity index (χ0n) is 8.03. The third kappa shape index (κ3) is 3.06. The van der Waals surface area contributed by atoms with Crippen LogP contribution in [0.1, 0.15) is 17.9 Å². The number of carboxylic acid groups (broad SMARTS) is 1. The van der Waals surface area contributed by atoms with Gasteiger partial charge in [0.15, 0.2) is 0 Å². The molecule has 1 rings (SSSR count). The largest absolute Gasteiger partial charge is 0.508 e. The lowest BCUT2D eigenvalue weighted by atomic mass is 9.96. The maximum absolute atomic E-state index is 12.6. The first kappa shape index (κ1) is 12.7. The lowest BCUT2D eigenvalue weighted by Gasteiger charge is -2.15. The summed E-state index contributed by atoms with van der Waals surface area (Å²) in [6.45, 7) is 0. The predicted molar refractivity (Wildman–Crippen MR) is 54.1 cm³/mol. The summed E-state index contributed by atoms with van der Waals surface area (Å²) < 4.78 is 25.3. The number of rotatable bonds is 4. The van der Waals surface area contributed by atoms with Gasteiger partial charge in [-0.1, -0.05) is 17.7 Å². The highest BCUT2D eigenvalue weighted by Crippen LogP contribution is 2.33. The molecule has 0 saturated carbocycles. The van der Waals surface area contributed by atoms with E-state index >= 15 is 0 Å². The van der Waals surface area contributed by atoms with E-state index in [0.717, 1.165) is 6.07 Å². The van der Waals surface area contributed by atoms with E-state index in [4.69, 9.17) is 21.8 Å². The molecule has 0 aromatic heterocycles. The molecule has 2 N–H and O–H groups in total. The molecule has 6 heteroatoms. The molecule has 0 aliphatic carbocycles. The first-order chi connectivity index (χ1) is 7.41. The smallest absolute Gasteiger partial charge is 0.304 e. The summed E-state index contributed by atoms with van der Waals surface area (Å²) in [6, 6.07) is 3.50. The number of carbonyl (C=O) groups is 1. The summed E-state index contributed by atoms with van der Waals surface area (Å²) in [6.07, 6.45) is -3.53. The van der Waals surface area contributed by atoms with Gasteiger partial charge in [-0.2, -0.15) is 0 Å². The van der Waals surface area contributed by atoms with Gasteiger partial charge in [-0.25, -0.2) is 8.78 Å². The second-order valence-electron chi connectivity index (χ2n) is 3.24. The van der Waals surface area contributed by atoms with Gasteiger partial charge >= 0.3 is 5.97 Å². The average Bonchev–Trinajstić information content (AvgIpc) is 2.14. The number of aromatic hydroxyl groups is 1. The summed E-state index contributed by atoms with van der Waals surface area (Å²) in [5.41, 5.74) is 0.0249. The Bertz CT molecular complexity index is 396. The third-order valence-electron chi connectivity index (χ3n) is 2.08. The lowest BCUT2D eigenvalue weighted by Crippen LogP contribution is -2.14. The van der Waals surface area contributed by atoms with Crippen LogP contribution in [0, 0.1) is 0 Å². The Morgan fingerprint density at radius 1 is 1.44 bits per heavy atom. The Labute approximate surface area is 95.3 Å². The Kier molecular flexibility index (Phi) is 4.06. The van der Waals surface area contributed by atoms with E-state index < -0.39 is 24.7 Å². The fourth-order valence-corrected chi connectivity index (χ4v) is 1.65. The summed E-state index contributed by atoms with van der Waals surface area (Å²) >= 11 is 5.67. The molecular weight excluding hydrogens is 242 g/mol. The molecule has 0 fully saturated rings. The van der Waals surface area contributed by atoms with E-state index in [-0.39, 0.29) is 16.3 Å². The maximum atomic E-state index is 12.6. The van der Waals surface area contributed by atoms with Crippen LogP contribution in [-0.4, -0.2) is 22.6 Å². The van der Waals surface area contributed by atoms with Crippen LogP contribution in [0.25, 0.3) is 0 Å². The highest BCUT2D eigenvalue weighted by Gasteiger charge is 2.27. The molecule has 0 amide bonds.